The minimum Gasteiger partial charge on any atom is -0.481 e. The fourth-order valence-electron chi connectivity index (χ4n) is 1.12. The van der Waals surface area contributed by atoms with Crippen LogP contribution in [0.1, 0.15) is 29.4 Å². The molecule has 0 saturated carbocycles. The summed E-state index contributed by atoms with van der Waals surface area (Å²) in [7, 11) is 1.28. The van der Waals surface area contributed by atoms with Crippen LogP contribution < -0.4 is 4.74 Å². The Morgan fingerprint density at radius 1 is 1.59 bits per heavy atom. The normalized spacial score (nSPS) is 10.5. The molecule has 1 aromatic heterocycles. The molecule has 1 aromatic rings. The molecule has 0 bridgehead atoms. The van der Waals surface area contributed by atoms with Crippen LogP contribution >= 0.6 is 15.9 Å². The van der Waals surface area contributed by atoms with Gasteiger partial charge in [0.05, 0.1) is 18.2 Å². The van der Waals surface area contributed by atoms with Gasteiger partial charge in [0, 0.05) is 11.6 Å². The van der Waals surface area contributed by atoms with Crippen LogP contribution in [0.15, 0.2) is 10.5 Å². The lowest BCUT2D eigenvalue weighted by Gasteiger charge is -2.10. The van der Waals surface area contributed by atoms with E-state index in [1.807, 2.05) is 0 Å². The molecular formula is C10H10BrF2NO3. The van der Waals surface area contributed by atoms with Crippen molar-refractivity contribution < 1.29 is 23.0 Å². The number of alkyl halides is 2. The molecule has 0 N–H and O–H groups in total. The maximum atomic E-state index is 12.7. The molecule has 94 valence electrons. The third-order valence-corrected chi connectivity index (χ3v) is 2.71. The standard InChI is InChI=1S/C10H10BrF2NO3/c1-3-17-10(15)8-7(11)5(9(12)13)4-6(14-8)16-2/h4,9H,3H2,1-2H3. The topological polar surface area (TPSA) is 48.4 Å². The Morgan fingerprint density at radius 3 is 2.71 bits per heavy atom. The highest BCUT2D eigenvalue weighted by Gasteiger charge is 2.22. The average Bonchev–Trinajstić information content (AvgIpc) is 2.29. The van der Waals surface area contributed by atoms with Gasteiger partial charge in [0.1, 0.15) is 0 Å². The Balaban J connectivity index is 3.28. The number of halogens is 3. The first kappa shape index (κ1) is 13.8. The Kier molecular flexibility index (Phi) is 4.80. The molecule has 7 heteroatoms. The fourth-order valence-corrected chi connectivity index (χ4v) is 1.66. The van der Waals surface area contributed by atoms with Crippen molar-refractivity contribution in [2.45, 2.75) is 13.3 Å². The number of esters is 1. The molecule has 0 atom stereocenters. The zero-order valence-corrected chi connectivity index (χ0v) is 10.8. The maximum absolute atomic E-state index is 12.7. The molecule has 0 aliphatic rings. The summed E-state index contributed by atoms with van der Waals surface area (Å²) in [5.74, 6) is -0.841. The Hall–Kier alpha value is -1.24. The lowest BCUT2D eigenvalue weighted by Crippen LogP contribution is -2.10. The lowest BCUT2D eigenvalue weighted by atomic mass is 10.2. The molecule has 0 amide bonds. The lowest BCUT2D eigenvalue weighted by molar-refractivity contribution is 0.0516. The summed E-state index contributed by atoms with van der Waals surface area (Å²) in [5, 5.41) is 0. The van der Waals surface area contributed by atoms with Crippen LogP contribution in [0.25, 0.3) is 0 Å². The van der Waals surface area contributed by atoms with E-state index in [2.05, 4.69) is 20.9 Å². The van der Waals surface area contributed by atoms with E-state index in [0.29, 0.717) is 0 Å². The van der Waals surface area contributed by atoms with Gasteiger partial charge in [0.25, 0.3) is 6.43 Å². The van der Waals surface area contributed by atoms with Gasteiger partial charge >= 0.3 is 5.97 Å². The summed E-state index contributed by atoms with van der Waals surface area (Å²) >= 11 is 2.92. The van der Waals surface area contributed by atoms with Gasteiger partial charge in [0.15, 0.2) is 5.69 Å². The Labute approximate surface area is 105 Å². The molecule has 0 aromatic carbocycles. The van der Waals surface area contributed by atoms with Crippen LogP contribution in [-0.4, -0.2) is 24.7 Å². The average molecular weight is 310 g/mol. The van der Waals surface area contributed by atoms with Crippen molar-refractivity contribution in [3.8, 4) is 5.88 Å². The predicted octanol–water partition coefficient (Wildman–Crippen LogP) is 2.97. The number of carbonyl (C=O) groups excluding carboxylic acids is 1. The number of rotatable bonds is 4. The van der Waals surface area contributed by atoms with Gasteiger partial charge in [-0.2, -0.15) is 0 Å². The van der Waals surface area contributed by atoms with E-state index in [-0.39, 0.29) is 28.2 Å². The minimum atomic E-state index is -2.74. The summed E-state index contributed by atoms with van der Waals surface area (Å²) in [6, 6.07) is 1.07. The van der Waals surface area contributed by atoms with Gasteiger partial charge in [-0.15, -0.1) is 0 Å². The molecule has 0 unspecified atom stereocenters. The molecule has 17 heavy (non-hydrogen) atoms. The summed E-state index contributed by atoms with van der Waals surface area (Å²) in [4.78, 5) is 15.3. The number of aromatic nitrogens is 1. The van der Waals surface area contributed by atoms with E-state index in [4.69, 9.17) is 9.47 Å². The summed E-state index contributed by atoms with van der Waals surface area (Å²) in [5.41, 5.74) is -0.582. The second kappa shape index (κ2) is 5.90. The number of methoxy groups -OCH3 is 1. The van der Waals surface area contributed by atoms with Crippen molar-refractivity contribution in [3.63, 3.8) is 0 Å². The largest absolute Gasteiger partial charge is 0.481 e. The number of carbonyl (C=O) groups is 1. The van der Waals surface area contributed by atoms with Crippen LogP contribution in [0.2, 0.25) is 0 Å². The van der Waals surface area contributed by atoms with E-state index in [9.17, 15) is 13.6 Å². The third-order valence-electron chi connectivity index (χ3n) is 1.88. The fraction of sp³-hybridized carbons (Fsp3) is 0.400. The third kappa shape index (κ3) is 3.12. The van der Waals surface area contributed by atoms with Crippen molar-refractivity contribution in [1.29, 1.82) is 0 Å². The van der Waals surface area contributed by atoms with E-state index >= 15 is 0 Å². The van der Waals surface area contributed by atoms with E-state index in [1.165, 1.54) is 7.11 Å². The Morgan fingerprint density at radius 2 is 2.24 bits per heavy atom. The van der Waals surface area contributed by atoms with Crippen molar-refractivity contribution >= 4 is 21.9 Å². The number of hydrogen-bond donors (Lipinski definition) is 0. The molecule has 0 spiro atoms. The van der Waals surface area contributed by atoms with Crippen LogP contribution in [0.4, 0.5) is 8.78 Å². The zero-order valence-electron chi connectivity index (χ0n) is 9.17. The van der Waals surface area contributed by atoms with E-state index in [0.717, 1.165) is 6.07 Å². The quantitative estimate of drug-likeness (QED) is 0.802. The molecule has 1 rings (SSSR count). The Bertz CT molecular complexity index is 426. The van der Waals surface area contributed by atoms with Crippen molar-refractivity contribution in [2.24, 2.45) is 0 Å². The van der Waals surface area contributed by atoms with Crippen molar-refractivity contribution in [1.82, 2.24) is 4.98 Å². The number of pyridine rings is 1. The van der Waals surface area contributed by atoms with Gasteiger partial charge in [-0.3, -0.25) is 0 Å². The maximum Gasteiger partial charge on any atom is 0.358 e. The smallest absolute Gasteiger partial charge is 0.358 e. The van der Waals surface area contributed by atoms with Gasteiger partial charge in [-0.25, -0.2) is 18.6 Å². The van der Waals surface area contributed by atoms with Gasteiger partial charge < -0.3 is 9.47 Å². The number of hydrogen-bond acceptors (Lipinski definition) is 4. The minimum absolute atomic E-state index is 0.0634. The van der Waals surface area contributed by atoms with E-state index < -0.39 is 12.4 Å². The summed E-state index contributed by atoms with van der Waals surface area (Å²) in [6.07, 6.45) is -2.74. The number of ether oxygens (including phenoxy) is 2. The van der Waals surface area contributed by atoms with E-state index in [1.54, 1.807) is 6.92 Å². The summed E-state index contributed by atoms with van der Waals surface area (Å²) in [6.45, 7) is 1.74. The summed E-state index contributed by atoms with van der Waals surface area (Å²) < 4.78 is 34.8. The zero-order chi connectivity index (χ0) is 13.0. The first-order valence-electron chi connectivity index (χ1n) is 4.71. The second-order valence-electron chi connectivity index (χ2n) is 2.94. The second-order valence-corrected chi connectivity index (χ2v) is 3.73. The molecule has 0 saturated heterocycles. The molecular weight excluding hydrogens is 300 g/mol. The van der Waals surface area contributed by atoms with Crippen molar-refractivity contribution in [2.75, 3.05) is 13.7 Å². The highest BCUT2D eigenvalue weighted by molar-refractivity contribution is 9.10. The number of nitrogens with zero attached hydrogens (tertiary/aromatic N) is 1. The van der Waals surface area contributed by atoms with Crippen LogP contribution in [0.5, 0.6) is 5.88 Å². The molecule has 0 radical (unpaired) electrons. The SMILES string of the molecule is CCOC(=O)c1nc(OC)cc(C(F)F)c1Br. The monoisotopic (exact) mass is 309 g/mol. The van der Waals surface area contributed by atoms with Crippen LogP contribution in [0.3, 0.4) is 0 Å². The molecule has 0 aliphatic carbocycles. The van der Waals surface area contributed by atoms with Crippen molar-refractivity contribution in [3.05, 3.63) is 21.8 Å². The van der Waals surface area contributed by atoms with Gasteiger partial charge in [-0.1, -0.05) is 0 Å². The van der Waals surface area contributed by atoms with Crippen LogP contribution in [-0.2, 0) is 4.74 Å². The first-order valence-corrected chi connectivity index (χ1v) is 5.50. The van der Waals surface area contributed by atoms with Gasteiger partial charge in [0.2, 0.25) is 5.88 Å². The molecule has 4 nitrogen and oxygen atoms in total. The molecule has 0 aliphatic heterocycles. The molecule has 1 heterocycles. The van der Waals surface area contributed by atoms with Crippen LogP contribution in [0, 0.1) is 0 Å². The first-order chi connectivity index (χ1) is 8.01. The highest BCUT2D eigenvalue weighted by atomic mass is 79.9. The van der Waals surface area contributed by atoms with Gasteiger partial charge in [-0.05, 0) is 22.9 Å². The highest BCUT2D eigenvalue weighted by Crippen LogP contribution is 2.32. The molecule has 0 fully saturated rings. The predicted molar refractivity (Wildman–Crippen MR) is 59.4 cm³/mol.